The van der Waals surface area contributed by atoms with E-state index in [9.17, 15) is 0 Å². The van der Waals surface area contributed by atoms with Gasteiger partial charge in [0.05, 0.1) is 12.0 Å². The van der Waals surface area contributed by atoms with E-state index in [0.717, 1.165) is 22.9 Å². The van der Waals surface area contributed by atoms with Crippen LogP contribution in [0.2, 0.25) is 0 Å². The third-order valence-corrected chi connectivity index (χ3v) is 3.75. The maximum Gasteiger partial charge on any atom is 0.185 e. The molecule has 1 rings (SSSR count). The number of thioether (sulfide) groups is 2. The molecule has 1 aromatic heterocycles. The number of nitriles is 1. The van der Waals surface area contributed by atoms with Crippen molar-refractivity contribution in [1.29, 1.82) is 10.7 Å². The van der Waals surface area contributed by atoms with E-state index in [0.29, 0.717) is 11.7 Å². The summed E-state index contributed by atoms with van der Waals surface area (Å²) in [5, 5.41) is 16.7. The smallest absolute Gasteiger partial charge is 0.185 e. The minimum atomic E-state index is 0.295. The van der Waals surface area contributed by atoms with Gasteiger partial charge in [0.1, 0.15) is 0 Å². The molecule has 0 aliphatic heterocycles. The number of nitrogens with zero attached hydrogens (tertiary/aromatic N) is 3. The average Bonchev–Trinajstić information content (AvgIpc) is 2.74. The van der Waals surface area contributed by atoms with Gasteiger partial charge in [0.25, 0.3) is 0 Å². The molecule has 5 nitrogen and oxygen atoms in total. The summed E-state index contributed by atoms with van der Waals surface area (Å²) in [6, 6.07) is 0. The number of hydrogen-bond donors (Lipinski definition) is 2. The van der Waals surface area contributed by atoms with Crippen molar-refractivity contribution in [2.24, 2.45) is 0 Å². The Bertz CT molecular complexity index is 409. The second-order valence-electron chi connectivity index (χ2n) is 3.29. The lowest BCUT2D eigenvalue weighted by Gasteiger charge is -2.13. The van der Waals surface area contributed by atoms with Crippen LogP contribution in [0.5, 0.6) is 0 Å². The van der Waals surface area contributed by atoms with E-state index >= 15 is 0 Å². The minimum absolute atomic E-state index is 0.295. The third kappa shape index (κ3) is 4.32. The van der Waals surface area contributed by atoms with Crippen LogP contribution in [0, 0.1) is 23.8 Å². The molecule has 92 valence electrons. The largest absolute Gasteiger partial charge is 0.348 e. The molecule has 2 N–H and O–H groups in total. The fourth-order valence-corrected chi connectivity index (χ4v) is 2.46. The lowest BCUT2D eigenvalue weighted by molar-refractivity contribution is 0.623. The molecule has 0 saturated carbocycles. The number of imidazole rings is 1. The second kappa shape index (κ2) is 7.25. The zero-order chi connectivity index (χ0) is 12.7. The van der Waals surface area contributed by atoms with Crippen molar-refractivity contribution in [2.75, 3.05) is 18.6 Å². The number of H-pyrrole nitrogens is 1. The van der Waals surface area contributed by atoms with Crippen molar-refractivity contribution in [3.63, 3.8) is 0 Å². The molecule has 0 amide bonds. The molecule has 0 spiro atoms. The zero-order valence-electron chi connectivity index (χ0n) is 9.86. The predicted octanol–water partition coefficient (Wildman–Crippen LogP) is 2.03. The third-order valence-electron chi connectivity index (χ3n) is 2.19. The molecule has 0 aliphatic carbocycles. The fraction of sp³-hybridized carbons (Fsp3) is 0.500. The van der Waals surface area contributed by atoms with Crippen LogP contribution in [0.4, 0.5) is 0 Å². The Morgan fingerprint density at radius 2 is 2.47 bits per heavy atom. The van der Waals surface area contributed by atoms with Crippen molar-refractivity contribution in [1.82, 2.24) is 14.9 Å². The van der Waals surface area contributed by atoms with E-state index < -0.39 is 0 Å². The topological polar surface area (TPSA) is 79.6 Å². The lowest BCUT2D eigenvalue weighted by Crippen LogP contribution is -2.25. The Hall–Kier alpha value is -1.13. The van der Waals surface area contributed by atoms with Gasteiger partial charge >= 0.3 is 0 Å². The SMILES string of the molecule is CSC(=N)N(C#N)CCSCc1nc[nH]c1C. The number of nitrogens with one attached hydrogen (secondary N) is 2. The van der Waals surface area contributed by atoms with Crippen molar-refractivity contribution in [3.8, 4) is 6.19 Å². The maximum atomic E-state index is 8.85. The first-order valence-electron chi connectivity index (χ1n) is 5.05. The molecule has 0 atom stereocenters. The Morgan fingerprint density at radius 3 is 3.00 bits per heavy atom. The first kappa shape index (κ1) is 13.9. The highest BCUT2D eigenvalue weighted by molar-refractivity contribution is 8.13. The number of aryl methyl sites for hydroxylation is 1. The van der Waals surface area contributed by atoms with Gasteiger partial charge in [-0.05, 0) is 13.2 Å². The van der Waals surface area contributed by atoms with E-state index in [1.54, 1.807) is 24.3 Å². The first-order chi connectivity index (χ1) is 8.19. The van der Waals surface area contributed by atoms with Gasteiger partial charge in [-0.15, -0.1) is 0 Å². The summed E-state index contributed by atoms with van der Waals surface area (Å²) in [5.74, 6) is 1.64. The van der Waals surface area contributed by atoms with Crippen LogP contribution in [0.15, 0.2) is 6.33 Å². The molecular formula is C10H15N5S2. The Morgan fingerprint density at radius 1 is 1.71 bits per heavy atom. The van der Waals surface area contributed by atoms with Crippen molar-refractivity contribution >= 4 is 28.7 Å². The summed E-state index contributed by atoms with van der Waals surface area (Å²) in [6.07, 6.45) is 5.50. The van der Waals surface area contributed by atoms with Gasteiger partial charge in [0.2, 0.25) is 0 Å². The Balaban J connectivity index is 2.26. The monoisotopic (exact) mass is 269 g/mol. The highest BCUT2D eigenvalue weighted by Crippen LogP contribution is 2.13. The quantitative estimate of drug-likeness (QED) is 0.281. The van der Waals surface area contributed by atoms with Crippen molar-refractivity contribution in [2.45, 2.75) is 12.7 Å². The summed E-state index contributed by atoms with van der Waals surface area (Å²) < 4.78 is 0. The van der Waals surface area contributed by atoms with Crippen molar-refractivity contribution in [3.05, 3.63) is 17.7 Å². The summed E-state index contributed by atoms with van der Waals surface area (Å²) in [4.78, 5) is 8.63. The molecule has 1 heterocycles. The Labute approximate surface area is 109 Å². The van der Waals surface area contributed by atoms with Gasteiger partial charge in [0.15, 0.2) is 11.4 Å². The second-order valence-corrected chi connectivity index (χ2v) is 5.19. The molecule has 0 fully saturated rings. The number of amidine groups is 1. The molecular weight excluding hydrogens is 254 g/mol. The van der Waals surface area contributed by atoms with E-state index in [4.69, 9.17) is 10.7 Å². The van der Waals surface area contributed by atoms with Crippen LogP contribution in [-0.4, -0.2) is 38.6 Å². The van der Waals surface area contributed by atoms with Crippen LogP contribution in [-0.2, 0) is 5.75 Å². The standard InChI is InChI=1S/C10H15N5S2/c1-8-9(14-7-13-8)5-17-4-3-15(6-11)10(12)16-2/h7,12H,3-5H2,1-2H3,(H,13,14). The summed E-state index contributed by atoms with van der Waals surface area (Å²) >= 11 is 2.99. The van der Waals surface area contributed by atoms with Gasteiger partial charge < -0.3 is 4.98 Å². The van der Waals surface area contributed by atoms with E-state index in [2.05, 4.69) is 9.97 Å². The highest BCUT2D eigenvalue weighted by Gasteiger charge is 2.07. The molecule has 0 saturated heterocycles. The van der Waals surface area contributed by atoms with Gasteiger partial charge in [-0.25, -0.2) is 4.98 Å². The van der Waals surface area contributed by atoms with E-state index in [1.165, 1.54) is 16.7 Å². The fourth-order valence-electron chi connectivity index (χ4n) is 1.16. The number of aromatic nitrogens is 2. The molecule has 1 aromatic rings. The first-order valence-corrected chi connectivity index (χ1v) is 7.43. The van der Waals surface area contributed by atoms with E-state index in [-0.39, 0.29) is 0 Å². The van der Waals surface area contributed by atoms with Crippen LogP contribution in [0.3, 0.4) is 0 Å². The predicted molar refractivity (Wildman–Crippen MR) is 73.0 cm³/mol. The van der Waals surface area contributed by atoms with Gasteiger partial charge in [0, 0.05) is 23.7 Å². The Kier molecular flexibility index (Phi) is 5.94. The van der Waals surface area contributed by atoms with Gasteiger partial charge in [-0.1, -0.05) is 11.8 Å². The van der Waals surface area contributed by atoms with Crippen LogP contribution in [0.1, 0.15) is 11.4 Å². The summed E-state index contributed by atoms with van der Waals surface area (Å²) in [7, 11) is 0. The number of hydrogen-bond acceptors (Lipinski definition) is 5. The summed E-state index contributed by atoms with van der Waals surface area (Å²) in [5.41, 5.74) is 2.14. The van der Waals surface area contributed by atoms with Gasteiger partial charge in [-0.2, -0.15) is 17.0 Å². The van der Waals surface area contributed by atoms with Gasteiger partial charge in [-0.3, -0.25) is 10.3 Å². The lowest BCUT2D eigenvalue weighted by atomic mass is 10.4. The normalized spacial score (nSPS) is 9.94. The maximum absolute atomic E-state index is 8.85. The summed E-state index contributed by atoms with van der Waals surface area (Å²) in [6.45, 7) is 2.57. The number of rotatable bonds is 5. The molecule has 0 bridgehead atoms. The molecule has 7 heteroatoms. The average molecular weight is 269 g/mol. The highest BCUT2D eigenvalue weighted by atomic mass is 32.2. The molecule has 0 radical (unpaired) electrons. The molecule has 0 aromatic carbocycles. The molecule has 17 heavy (non-hydrogen) atoms. The van der Waals surface area contributed by atoms with Crippen LogP contribution >= 0.6 is 23.5 Å². The zero-order valence-corrected chi connectivity index (χ0v) is 11.5. The molecule has 0 unspecified atom stereocenters. The number of aromatic amines is 1. The van der Waals surface area contributed by atoms with Crippen LogP contribution < -0.4 is 0 Å². The van der Waals surface area contributed by atoms with Crippen LogP contribution in [0.25, 0.3) is 0 Å². The van der Waals surface area contributed by atoms with Crippen molar-refractivity contribution < 1.29 is 0 Å². The van der Waals surface area contributed by atoms with E-state index in [1.807, 2.05) is 13.1 Å². The molecule has 0 aliphatic rings. The minimum Gasteiger partial charge on any atom is -0.348 e.